The first-order valence-electron chi connectivity index (χ1n) is 4.32. The molecule has 0 atom stereocenters. The van der Waals surface area contributed by atoms with Gasteiger partial charge in [-0.05, 0) is 0 Å². The Bertz CT molecular complexity index is 376. The normalized spacial score (nSPS) is 13.1. The third-order valence-electron chi connectivity index (χ3n) is 1.67. The second kappa shape index (κ2) is 5.27. The zero-order chi connectivity index (χ0) is 14.0. The fourth-order valence-corrected chi connectivity index (χ4v) is 1.05. The molecule has 0 unspecified atom stereocenters. The van der Waals surface area contributed by atoms with Gasteiger partial charge < -0.3 is 4.74 Å². The summed E-state index contributed by atoms with van der Waals surface area (Å²) in [5.41, 5.74) is -0.196. The third-order valence-corrected chi connectivity index (χ3v) is 1.86. The van der Waals surface area contributed by atoms with Crippen LogP contribution in [0.15, 0.2) is 12.4 Å². The van der Waals surface area contributed by atoms with Crippen LogP contribution in [0.25, 0.3) is 0 Å². The Hall–Kier alpha value is -1.09. The highest BCUT2D eigenvalue weighted by Gasteiger charge is 2.57. The number of ether oxygens (including phenoxy) is 1. The van der Waals surface area contributed by atoms with Gasteiger partial charge in [0, 0.05) is 0 Å². The van der Waals surface area contributed by atoms with Crippen LogP contribution < -0.4 is 0 Å². The SMILES string of the molecule is FC(F)(F)C(OCc1cnc(Cl)cn1)C(F)(F)F. The first-order valence-corrected chi connectivity index (χ1v) is 4.70. The molecule has 18 heavy (non-hydrogen) atoms. The first-order chi connectivity index (χ1) is 8.10. The molecule has 1 heterocycles. The van der Waals surface area contributed by atoms with Crippen LogP contribution in [0.3, 0.4) is 0 Å². The summed E-state index contributed by atoms with van der Waals surface area (Å²) >= 11 is 5.35. The van der Waals surface area contributed by atoms with Gasteiger partial charge in [0.25, 0.3) is 0 Å². The predicted octanol–water partition coefficient (Wildman–Crippen LogP) is 3.14. The van der Waals surface area contributed by atoms with E-state index in [9.17, 15) is 26.3 Å². The highest BCUT2D eigenvalue weighted by molar-refractivity contribution is 6.29. The second-order valence-electron chi connectivity index (χ2n) is 3.10. The summed E-state index contributed by atoms with van der Waals surface area (Å²) in [6.45, 7) is -0.978. The lowest BCUT2D eigenvalue weighted by Gasteiger charge is -2.22. The maximum absolute atomic E-state index is 12.1. The van der Waals surface area contributed by atoms with E-state index in [4.69, 9.17) is 11.6 Å². The standard InChI is InChI=1S/C8H5ClF6N2O/c9-5-2-16-4(1-17-5)3-18-6(7(10,11)12)8(13,14)15/h1-2,6H,3H2. The molecule has 10 heteroatoms. The quantitative estimate of drug-likeness (QED) is 0.803. The van der Waals surface area contributed by atoms with E-state index < -0.39 is 25.1 Å². The van der Waals surface area contributed by atoms with Crippen molar-refractivity contribution in [1.29, 1.82) is 0 Å². The van der Waals surface area contributed by atoms with E-state index in [-0.39, 0.29) is 10.8 Å². The van der Waals surface area contributed by atoms with Crippen LogP contribution in [-0.2, 0) is 11.3 Å². The van der Waals surface area contributed by atoms with Crippen LogP contribution in [0, 0.1) is 0 Å². The molecule has 1 aromatic heterocycles. The fourth-order valence-electron chi connectivity index (χ4n) is 0.957. The van der Waals surface area contributed by atoms with Gasteiger partial charge in [0.2, 0.25) is 6.10 Å². The lowest BCUT2D eigenvalue weighted by Crippen LogP contribution is -2.44. The molecular formula is C8H5ClF6N2O. The summed E-state index contributed by atoms with van der Waals surface area (Å²) in [5.74, 6) is 0. The predicted molar refractivity (Wildman–Crippen MR) is 47.7 cm³/mol. The number of alkyl halides is 6. The molecule has 0 saturated heterocycles. The third kappa shape index (κ3) is 4.30. The Morgan fingerprint density at radius 3 is 2.00 bits per heavy atom. The van der Waals surface area contributed by atoms with E-state index in [1.165, 1.54) is 0 Å². The maximum Gasteiger partial charge on any atom is 0.423 e. The molecule has 0 bridgehead atoms. The second-order valence-corrected chi connectivity index (χ2v) is 3.49. The Morgan fingerprint density at radius 2 is 1.61 bits per heavy atom. The number of halogens is 7. The van der Waals surface area contributed by atoms with Gasteiger partial charge in [-0.2, -0.15) is 26.3 Å². The molecule has 0 N–H and O–H groups in total. The van der Waals surface area contributed by atoms with Crippen molar-refractivity contribution in [2.75, 3.05) is 0 Å². The van der Waals surface area contributed by atoms with E-state index >= 15 is 0 Å². The minimum Gasteiger partial charge on any atom is -0.354 e. The summed E-state index contributed by atoms with van der Waals surface area (Å²) in [4.78, 5) is 6.90. The summed E-state index contributed by atoms with van der Waals surface area (Å²) in [7, 11) is 0. The molecule has 0 fully saturated rings. The number of rotatable bonds is 3. The van der Waals surface area contributed by atoms with Crippen molar-refractivity contribution in [3.05, 3.63) is 23.2 Å². The van der Waals surface area contributed by atoms with Crippen molar-refractivity contribution >= 4 is 11.6 Å². The molecule has 0 aliphatic carbocycles. The fraction of sp³-hybridized carbons (Fsp3) is 0.500. The van der Waals surface area contributed by atoms with Crippen LogP contribution in [0.1, 0.15) is 5.69 Å². The average Bonchev–Trinajstić information content (AvgIpc) is 2.17. The summed E-state index contributed by atoms with van der Waals surface area (Å²) < 4.78 is 76.3. The van der Waals surface area contributed by atoms with Crippen molar-refractivity contribution in [3.8, 4) is 0 Å². The Morgan fingerprint density at radius 1 is 1.06 bits per heavy atom. The molecule has 0 spiro atoms. The molecule has 0 radical (unpaired) electrons. The molecule has 0 amide bonds. The maximum atomic E-state index is 12.1. The molecule has 102 valence electrons. The van der Waals surface area contributed by atoms with Gasteiger partial charge in [-0.3, -0.25) is 4.98 Å². The minimum absolute atomic E-state index is 0.0399. The summed E-state index contributed by atoms with van der Waals surface area (Å²) in [5, 5.41) is -0.0399. The van der Waals surface area contributed by atoms with Crippen molar-refractivity contribution in [3.63, 3.8) is 0 Å². The topological polar surface area (TPSA) is 35.0 Å². The zero-order valence-corrected chi connectivity index (χ0v) is 9.14. The molecule has 0 saturated carbocycles. The van der Waals surface area contributed by atoms with Crippen molar-refractivity contribution < 1.29 is 31.1 Å². The zero-order valence-electron chi connectivity index (χ0n) is 8.39. The van der Waals surface area contributed by atoms with E-state index in [1.807, 2.05) is 0 Å². The van der Waals surface area contributed by atoms with Crippen LogP contribution >= 0.6 is 11.6 Å². The highest BCUT2D eigenvalue weighted by Crippen LogP contribution is 2.35. The van der Waals surface area contributed by atoms with E-state index in [0.29, 0.717) is 0 Å². The smallest absolute Gasteiger partial charge is 0.354 e. The van der Waals surface area contributed by atoms with E-state index in [1.54, 1.807) is 0 Å². The molecular weight excluding hydrogens is 290 g/mol. The van der Waals surface area contributed by atoms with E-state index in [0.717, 1.165) is 12.4 Å². The van der Waals surface area contributed by atoms with Gasteiger partial charge in [0.05, 0.1) is 24.7 Å². The molecule has 0 aliphatic rings. The lowest BCUT2D eigenvalue weighted by molar-refractivity contribution is -0.324. The number of nitrogens with zero attached hydrogens (tertiary/aromatic N) is 2. The first kappa shape index (κ1) is 15.0. The van der Waals surface area contributed by atoms with Crippen LogP contribution in [0.4, 0.5) is 26.3 Å². The van der Waals surface area contributed by atoms with Gasteiger partial charge in [-0.1, -0.05) is 11.6 Å². The van der Waals surface area contributed by atoms with Gasteiger partial charge >= 0.3 is 12.4 Å². The van der Waals surface area contributed by atoms with Gasteiger partial charge in [-0.15, -0.1) is 0 Å². The molecule has 1 rings (SSSR count). The molecule has 1 aromatic rings. The van der Waals surface area contributed by atoms with Crippen LogP contribution in [-0.4, -0.2) is 28.4 Å². The lowest BCUT2D eigenvalue weighted by atomic mass is 10.3. The van der Waals surface area contributed by atoms with E-state index in [2.05, 4.69) is 14.7 Å². The Labute approximate surface area is 102 Å². The number of hydrogen-bond acceptors (Lipinski definition) is 3. The summed E-state index contributed by atoms with van der Waals surface area (Å²) in [6, 6.07) is 0. The minimum atomic E-state index is -5.54. The van der Waals surface area contributed by atoms with Crippen molar-refractivity contribution in [1.82, 2.24) is 9.97 Å². The number of aromatic nitrogens is 2. The Balaban J connectivity index is 2.72. The van der Waals surface area contributed by atoms with Crippen LogP contribution in [0.5, 0.6) is 0 Å². The average molecular weight is 295 g/mol. The molecule has 3 nitrogen and oxygen atoms in total. The highest BCUT2D eigenvalue weighted by atomic mass is 35.5. The summed E-state index contributed by atoms with van der Waals surface area (Å²) in [6.07, 6.45) is -13.0. The van der Waals surface area contributed by atoms with Gasteiger partial charge in [0.15, 0.2) is 0 Å². The number of hydrogen-bond donors (Lipinski definition) is 0. The van der Waals surface area contributed by atoms with Gasteiger partial charge in [-0.25, -0.2) is 4.98 Å². The van der Waals surface area contributed by atoms with Crippen molar-refractivity contribution in [2.45, 2.75) is 25.1 Å². The van der Waals surface area contributed by atoms with Crippen LogP contribution in [0.2, 0.25) is 5.15 Å². The molecule has 0 aromatic carbocycles. The monoisotopic (exact) mass is 294 g/mol. The van der Waals surface area contributed by atoms with Gasteiger partial charge in [0.1, 0.15) is 5.15 Å². The van der Waals surface area contributed by atoms with Crippen molar-refractivity contribution in [2.24, 2.45) is 0 Å². The molecule has 0 aliphatic heterocycles. The largest absolute Gasteiger partial charge is 0.423 e. The Kier molecular flexibility index (Phi) is 4.38.